The summed E-state index contributed by atoms with van der Waals surface area (Å²) < 4.78 is 9.58. The lowest BCUT2D eigenvalue weighted by Gasteiger charge is -2.04. The smallest absolute Gasteiger partial charge is 0.154 e. The third kappa shape index (κ3) is 7.88. The maximum atomic E-state index is 8.46. The predicted octanol–water partition coefficient (Wildman–Crippen LogP) is 0.192. The molecule has 0 amide bonds. The first kappa shape index (κ1) is 8.88. The molecule has 0 bridgehead atoms. The molecule has 55 valence electrons. The third-order valence-electron chi connectivity index (χ3n) is 0.742. The van der Waals surface area contributed by atoms with Crippen LogP contribution in [0.25, 0.3) is 0 Å². The lowest BCUT2D eigenvalue weighted by Crippen LogP contribution is -2.11. The van der Waals surface area contributed by atoms with Gasteiger partial charge in [-0.05, 0) is 6.92 Å². The third-order valence-corrected chi connectivity index (χ3v) is 0.742. The molecule has 0 aliphatic carbocycles. The number of ether oxygens (including phenoxy) is 2. The van der Waals surface area contributed by atoms with Crippen LogP contribution in [0.3, 0.4) is 0 Å². The molecule has 1 radical (unpaired) electrons. The first-order valence-electron chi connectivity index (χ1n) is 2.98. The Balaban J connectivity index is 2.75. The summed E-state index contributed by atoms with van der Waals surface area (Å²) in [4.78, 5) is 0. The average molecular weight is 133 g/mol. The van der Waals surface area contributed by atoms with E-state index in [1.165, 1.54) is 0 Å². The van der Waals surface area contributed by atoms with Crippen LogP contribution < -0.4 is 0 Å². The Morgan fingerprint density at radius 1 is 1.56 bits per heavy atom. The van der Waals surface area contributed by atoms with E-state index in [9.17, 15) is 0 Å². The van der Waals surface area contributed by atoms with E-state index in [1.807, 2.05) is 6.92 Å². The molecule has 9 heavy (non-hydrogen) atoms. The zero-order valence-electron chi connectivity index (χ0n) is 5.67. The minimum Gasteiger partial charge on any atom is -0.379 e. The fourth-order valence-corrected chi connectivity index (χ4v) is 0.387. The van der Waals surface area contributed by atoms with Crippen molar-refractivity contribution in [1.82, 2.24) is 0 Å². The highest BCUT2D eigenvalue weighted by Crippen LogP contribution is 1.82. The molecule has 1 N–H and O–H groups in total. The lowest BCUT2D eigenvalue weighted by atomic mass is 10.7. The van der Waals surface area contributed by atoms with Gasteiger partial charge in [-0.25, -0.2) is 0 Å². The van der Waals surface area contributed by atoms with Crippen molar-refractivity contribution < 1.29 is 14.6 Å². The Kier molecular flexibility index (Phi) is 5.93. The van der Waals surface area contributed by atoms with Crippen molar-refractivity contribution in [2.75, 3.05) is 19.8 Å². The van der Waals surface area contributed by atoms with E-state index in [1.54, 1.807) is 0 Å². The fraction of sp³-hybridized carbons (Fsp3) is 0.833. The van der Waals surface area contributed by atoms with Crippen LogP contribution in [0.2, 0.25) is 0 Å². The molecule has 3 heteroatoms. The monoisotopic (exact) mass is 133 g/mol. The second-order valence-electron chi connectivity index (χ2n) is 1.52. The van der Waals surface area contributed by atoms with Crippen LogP contribution in [-0.2, 0) is 9.47 Å². The van der Waals surface area contributed by atoms with Crippen LogP contribution in [0.1, 0.15) is 6.92 Å². The molecule has 0 aromatic carbocycles. The topological polar surface area (TPSA) is 38.7 Å². The van der Waals surface area contributed by atoms with Gasteiger partial charge >= 0.3 is 0 Å². The van der Waals surface area contributed by atoms with Crippen molar-refractivity contribution >= 4 is 0 Å². The Morgan fingerprint density at radius 2 is 2.22 bits per heavy atom. The molecule has 1 unspecified atom stereocenters. The van der Waals surface area contributed by atoms with Crippen LogP contribution in [0.15, 0.2) is 0 Å². The van der Waals surface area contributed by atoms with E-state index in [0.717, 1.165) is 0 Å². The van der Waals surface area contributed by atoms with E-state index in [2.05, 4.69) is 11.7 Å². The highest BCUT2D eigenvalue weighted by Gasteiger charge is 1.91. The summed E-state index contributed by atoms with van der Waals surface area (Å²) in [5.41, 5.74) is 0. The molecule has 0 aromatic heterocycles. The van der Waals surface area contributed by atoms with Gasteiger partial charge in [0.25, 0.3) is 0 Å². The van der Waals surface area contributed by atoms with Gasteiger partial charge in [0.15, 0.2) is 6.29 Å². The second kappa shape index (κ2) is 6.01. The van der Waals surface area contributed by atoms with E-state index >= 15 is 0 Å². The predicted molar refractivity (Wildman–Crippen MR) is 33.8 cm³/mol. The van der Waals surface area contributed by atoms with Gasteiger partial charge in [0.1, 0.15) is 0 Å². The first-order chi connectivity index (χ1) is 4.27. The zero-order valence-corrected chi connectivity index (χ0v) is 5.67. The van der Waals surface area contributed by atoms with Crippen LogP contribution in [0.4, 0.5) is 0 Å². The number of hydrogen-bond acceptors (Lipinski definition) is 3. The van der Waals surface area contributed by atoms with Gasteiger partial charge in [-0.15, -0.1) is 0 Å². The van der Waals surface area contributed by atoms with Crippen LogP contribution in [0.5, 0.6) is 0 Å². The van der Waals surface area contributed by atoms with Crippen LogP contribution in [-0.4, -0.2) is 31.2 Å². The zero-order chi connectivity index (χ0) is 7.11. The molecule has 0 aliphatic rings. The van der Waals surface area contributed by atoms with E-state index in [4.69, 9.17) is 9.84 Å². The van der Waals surface area contributed by atoms with Crippen LogP contribution >= 0.6 is 0 Å². The lowest BCUT2D eigenvalue weighted by molar-refractivity contribution is -0.0821. The van der Waals surface area contributed by atoms with Crippen LogP contribution in [0, 0.1) is 6.92 Å². The summed E-state index contributed by atoms with van der Waals surface area (Å²) in [5, 5.41) is 8.46. The summed E-state index contributed by atoms with van der Waals surface area (Å²) in [6.07, 6.45) is -0.926. The second-order valence-corrected chi connectivity index (χ2v) is 1.52. The van der Waals surface area contributed by atoms with Gasteiger partial charge in [-0.2, -0.15) is 0 Å². The minimum atomic E-state index is -0.926. The number of aliphatic hydroxyl groups is 1. The van der Waals surface area contributed by atoms with Gasteiger partial charge < -0.3 is 14.6 Å². The van der Waals surface area contributed by atoms with Gasteiger partial charge in [0.2, 0.25) is 0 Å². The molecule has 0 aliphatic heterocycles. The Hall–Kier alpha value is -0.120. The van der Waals surface area contributed by atoms with Crippen molar-refractivity contribution in [2.45, 2.75) is 13.2 Å². The molecule has 0 spiro atoms. The standard InChI is InChI=1S/C6H13O3/c1-3-8-4-5-9-6(2)7/h6-7H,2-5H2,1H3. The molecule has 1 atom stereocenters. The average Bonchev–Trinajstić information content (AvgIpc) is 1.80. The highest BCUT2D eigenvalue weighted by molar-refractivity contribution is 4.38. The van der Waals surface area contributed by atoms with Gasteiger partial charge in [0, 0.05) is 13.5 Å². The molecule has 0 rings (SSSR count). The SMILES string of the molecule is [CH2]C(O)OCCOCC. The highest BCUT2D eigenvalue weighted by atomic mass is 16.6. The summed E-state index contributed by atoms with van der Waals surface area (Å²) in [6.45, 7) is 6.71. The quantitative estimate of drug-likeness (QED) is 0.430. The summed E-state index contributed by atoms with van der Waals surface area (Å²) in [6, 6.07) is 0. The molecule has 0 aromatic rings. The van der Waals surface area contributed by atoms with E-state index in [-0.39, 0.29) is 0 Å². The van der Waals surface area contributed by atoms with Crippen molar-refractivity contribution in [2.24, 2.45) is 0 Å². The van der Waals surface area contributed by atoms with Gasteiger partial charge in [-0.1, -0.05) is 0 Å². The minimum absolute atomic E-state index is 0.401. The van der Waals surface area contributed by atoms with E-state index < -0.39 is 6.29 Å². The Morgan fingerprint density at radius 3 is 2.67 bits per heavy atom. The Bertz CT molecular complexity index is 54.3. The normalized spacial score (nSPS) is 13.7. The van der Waals surface area contributed by atoms with Crippen molar-refractivity contribution in [3.05, 3.63) is 6.92 Å². The summed E-state index contributed by atoms with van der Waals surface area (Å²) >= 11 is 0. The largest absolute Gasteiger partial charge is 0.379 e. The molecular formula is C6H13O3. The molecule has 0 saturated carbocycles. The van der Waals surface area contributed by atoms with Crippen molar-refractivity contribution in [3.63, 3.8) is 0 Å². The maximum Gasteiger partial charge on any atom is 0.154 e. The fourth-order valence-electron chi connectivity index (χ4n) is 0.387. The number of aliphatic hydroxyl groups excluding tert-OH is 1. The number of hydrogen-bond donors (Lipinski definition) is 1. The molecule has 0 saturated heterocycles. The molecule has 0 fully saturated rings. The van der Waals surface area contributed by atoms with E-state index in [0.29, 0.717) is 19.8 Å². The van der Waals surface area contributed by atoms with Gasteiger partial charge in [-0.3, -0.25) is 0 Å². The maximum absolute atomic E-state index is 8.46. The molecular weight excluding hydrogens is 120 g/mol. The summed E-state index contributed by atoms with van der Waals surface area (Å²) in [7, 11) is 0. The first-order valence-corrected chi connectivity index (χ1v) is 2.98. The van der Waals surface area contributed by atoms with Gasteiger partial charge in [0.05, 0.1) is 13.2 Å². The number of rotatable bonds is 5. The van der Waals surface area contributed by atoms with Crippen molar-refractivity contribution in [3.8, 4) is 0 Å². The summed E-state index contributed by atoms with van der Waals surface area (Å²) in [5.74, 6) is 0. The molecule has 0 heterocycles. The molecule has 3 nitrogen and oxygen atoms in total. The van der Waals surface area contributed by atoms with Crippen molar-refractivity contribution in [1.29, 1.82) is 0 Å². The Labute approximate surface area is 55.6 Å².